The zero-order chi connectivity index (χ0) is 24.6. The van der Waals surface area contributed by atoms with Crippen LogP contribution in [0.5, 0.6) is 17.2 Å². The highest BCUT2D eigenvalue weighted by Crippen LogP contribution is 2.29. The van der Waals surface area contributed by atoms with Crippen molar-refractivity contribution in [3.8, 4) is 17.2 Å². The van der Waals surface area contributed by atoms with Crippen LogP contribution in [0.15, 0.2) is 72.8 Å². The van der Waals surface area contributed by atoms with Crippen molar-refractivity contribution in [1.82, 2.24) is 10.2 Å². The predicted octanol–water partition coefficient (Wildman–Crippen LogP) is 5.86. The lowest BCUT2D eigenvalue weighted by Crippen LogP contribution is -2.49. The Morgan fingerprint density at radius 2 is 1.66 bits per heavy atom. The molecule has 8 heteroatoms. The molecule has 6 nitrogen and oxygen atoms in total. The van der Waals surface area contributed by atoms with Crippen LogP contribution in [0, 0.1) is 0 Å². The van der Waals surface area contributed by atoms with Gasteiger partial charge in [0.05, 0.1) is 0 Å². The smallest absolute Gasteiger partial charge is 0.261 e. The van der Waals surface area contributed by atoms with Gasteiger partial charge < -0.3 is 19.7 Å². The first kappa shape index (κ1) is 24.9. The lowest BCUT2D eigenvalue weighted by atomic mass is 10.1. The van der Waals surface area contributed by atoms with E-state index in [0.29, 0.717) is 40.3 Å². The number of ether oxygens (including phenoxy) is 2. The number of rotatable bonds is 8. The molecule has 3 aromatic carbocycles. The summed E-state index contributed by atoms with van der Waals surface area (Å²) in [6, 6.07) is 20.9. The van der Waals surface area contributed by atoms with Crippen LogP contribution in [0.4, 0.5) is 0 Å². The molecule has 1 saturated heterocycles. The zero-order valence-corrected chi connectivity index (χ0v) is 20.6. The van der Waals surface area contributed by atoms with Crippen LogP contribution in [-0.4, -0.2) is 35.9 Å². The summed E-state index contributed by atoms with van der Waals surface area (Å²) < 4.78 is 11.6. The molecular formula is C27H26Cl2N2O4. The summed E-state index contributed by atoms with van der Waals surface area (Å²) in [5.41, 5.74) is 0.820. The van der Waals surface area contributed by atoms with Gasteiger partial charge in [-0.25, -0.2) is 0 Å². The largest absolute Gasteiger partial charge is 0.484 e. The van der Waals surface area contributed by atoms with Gasteiger partial charge >= 0.3 is 0 Å². The third-order valence-corrected chi connectivity index (χ3v) is 6.07. The van der Waals surface area contributed by atoms with Gasteiger partial charge in [0, 0.05) is 23.1 Å². The first-order valence-electron chi connectivity index (χ1n) is 11.5. The fourth-order valence-corrected chi connectivity index (χ4v) is 4.47. The fraction of sp³-hybridized carbons (Fsp3) is 0.259. The van der Waals surface area contributed by atoms with Gasteiger partial charge in [0.25, 0.3) is 5.91 Å². The Hall–Kier alpha value is -3.22. The molecule has 0 aliphatic carbocycles. The quantitative estimate of drug-likeness (QED) is 0.410. The van der Waals surface area contributed by atoms with Crippen molar-refractivity contribution in [2.75, 3.05) is 13.2 Å². The second-order valence-corrected chi connectivity index (χ2v) is 9.15. The van der Waals surface area contributed by atoms with E-state index in [1.54, 1.807) is 41.3 Å². The van der Waals surface area contributed by atoms with Crippen LogP contribution < -0.4 is 14.8 Å². The number of amides is 2. The molecule has 35 heavy (non-hydrogen) atoms. The van der Waals surface area contributed by atoms with Gasteiger partial charge in [-0.15, -0.1) is 0 Å². The highest BCUT2D eigenvalue weighted by Gasteiger charge is 2.31. The highest BCUT2D eigenvalue weighted by molar-refractivity contribution is 6.34. The molecule has 2 amide bonds. The van der Waals surface area contributed by atoms with E-state index in [-0.39, 0.29) is 25.0 Å². The molecule has 3 aromatic rings. The van der Waals surface area contributed by atoms with E-state index in [4.69, 9.17) is 32.7 Å². The van der Waals surface area contributed by atoms with Crippen molar-refractivity contribution in [3.05, 3.63) is 88.4 Å². The van der Waals surface area contributed by atoms with E-state index in [9.17, 15) is 9.59 Å². The number of para-hydroxylation sites is 1. The van der Waals surface area contributed by atoms with Crippen molar-refractivity contribution in [2.24, 2.45) is 0 Å². The summed E-state index contributed by atoms with van der Waals surface area (Å²) in [7, 11) is 0. The van der Waals surface area contributed by atoms with Gasteiger partial charge in [0.15, 0.2) is 6.61 Å². The molecule has 1 aliphatic heterocycles. The number of hydrogen-bond acceptors (Lipinski definition) is 4. The zero-order valence-electron chi connectivity index (χ0n) is 19.1. The van der Waals surface area contributed by atoms with E-state index >= 15 is 0 Å². The molecule has 1 heterocycles. The SMILES string of the molecule is O=C1NCCCCC1N(Cc1cccc(Oc2cc(Cl)cc(Cl)c2)c1)C(=O)COc1ccccc1. The standard InChI is InChI=1S/C27H26Cl2N2O4/c28-20-14-21(29)16-24(15-20)35-23-10-6-7-19(13-23)17-31(25-11-4-5-12-30-27(25)33)26(32)18-34-22-8-2-1-3-9-22/h1-3,6-10,13-16,25H,4-5,11-12,17-18H2,(H,30,33). The van der Waals surface area contributed by atoms with E-state index < -0.39 is 6.04 Å². The van der Waals surface area contributed by atoms with Crippen molar-refractivity contribution < 1.29 is 19.1 Å². The normalized spacial score (nSPS) is 15.6. The molecule has 1 fully saturated rings. The molecule has 1 aliphatic rings. The average Bonchev–Trinajstić information content (AvgIpc) is 3.05. The molecule has 4 rings (SSSR count). The minimum absolute atomic E-state index is 0.142. The summed E-state index contributed by atoms with van der Waals surface area (Å²) >= 11 is 12.2. The minimum Gasteiger partial charge on any atom is -0.484 e. The van der Waals surface area contributed by atoms with E-state index in [0.717, 1.165) is 18.4 Å². The van der Waals surface area contributed by atoms with Crippen LogP contribution in [0.25, 0.3) is 0 Å². The maximum absolute atomic E-state index is 13.3. The Labute approximate surface area is 214 Å². The third-order valence-electron chi connectivity index (χ3n) is 5.63. The van der Waals surface area contributed by atoms with Gasteiger partial charge in [0.2, 0.25) is 5.91 Å². The number of carbonyl (C=O) groups excluding carboxylic acids is 2. The van der Waals surface area contributed by atoms with Crippen molar-refractivity contribution in [1.29, 1.82) is 0 Å². The Kier molecular flexibility index (Phi) is 8.50. The molecule has 182 valence electrons. The first-order valence-corrected chi connectivity index (χ1v) is 12.2. The Morgan fingerprint density at radius 1 is 0.914 bits per heavy atom. The molecule has 0 radical (unpaired) electrons. The number of carbonyl (C=O) groups is 2. The van der Waals surface area contributed by atoms with Crippen LogP contribution in [0.1, 0.15) is 24.8 Å². The lowest BCUT2D eigenvalue weighted by Gasteiger charge is -2.30. The second-order valence-electron chi connectivity index (χ2n) is 8.28. The minimum atomic E-state index is -0.569. The molecule has 1 unspecified atom stereocenters. The molecular weight excluding hydrogens is 487 g/mol. The van der Waals surface area contributed by atoms with E-state index in [1.807, 2.05) is 36.4 Å². The Bertz CT molecular complexity index is 1150. The number of nitrogens with one attached hydrogen (secondary N) is 1. The van der Waals surface area contributed by atoms with Gasteiger partial charge in [-0.2, -0.15) is 0 Å². The maximum atomic E-state index is 13.3. The molecule has 0 aromatic heterocycles. The van der Waals surface area contributed by atoms with E-state index in [2.05, 4.69) is 5.32 Å². The Balaban J connectivity index is 1.53. The van der Waals surface area contributed by atoms with Gasteiger partial charge in [-0.3, -0.25) is 9.59 Å². The molecule has 0 saturated carbocycles. The summed E-state index contributed by atoms with van der Waals surface area (Å²) in [6.07, 6.45) is 2.34. The maximum Gasteiger partial charge on any atom is 0.261 e. The van der Waals surface area contributed by atoms with Crippen LogP contribution in [-0.2, 0) is 16.1 Å². The van der Waals surface area contributed by atoms with Crippen LogP contribution in [0.3, 0.4) is 0 Å². The first-order chi connectivity index (χ1) is 17.0. The lowest BCUT2D eigenvalue weighted by molar-refractivity contribution is -0.142. The summed E-state index contributed by atoms with van der Waals surface area (Å²) in [6.45, 7) is 0.691. The number of nitrogens with zero attached hydrogens (tertiary/aromatic N) is 1. The van der Waals surface area contributed by atoms with Crippen LogP contribution in [0.2, 0.25) is 10.0 Å². The molecule has 0 spiro atoms. The fourth-order valence-electron chi connectivity index (χ4n) is 3.97. The van der Waals surface area contributed by atoms with Crippen LogP contribution >= 0.6 is 23.2 Å². The Morgan fingerprint density at radius 3 is 2.43 bits per heavy atom. The van der Waals surface area contributed by atoms with Crippen molar-refractivity contribution in [2.45, 2.75) is 31.8 Å². The second kappa shape index (κ2) is 12.0. The van der Waals surface area contributed by atoms with Gasteiger partial charge in [0.1, 0.15) is 23.3 Å². The van der Waals surface area contributed by atoms with Gasteiger partial charge in [-0.1, -0.05) is 53.5 Å². The topological polar surface area (TPSA) is 67.9 Å². The monoisotopic (exact) mass is 512 g/mol. The number of halogens is 2. The average molecular weight is 513 g/mol. The van der Waals surface area contributed by atoms with Crippen molar-refractivity contribution in [3.63, 3.8) is 0 Å². The molecule has 0 bridgehead atoms. The highest BCUT2D eigenvalue weighted by atomic mass is 35.5. The number of benzene rings is 3. The van der Waals surface area contributed by atoms with E-state index in [1.165, 1.54) is 0 Å². The predicted molar refractivity (Wildman–Crippen MR) is 136 cm³/mol. The van der Waals surface area contributed by atoms with Crippen molar-refractivity contribution >= 4 is 35.0 Å². The summed E-state index contributed by atoms with van der Waals surface area (Å²) in [5.74, 6) is 1.27. The summed E-state index contributed by atoms with van der Waals surface area (Å²) in [5, 5.41) is 3.86. The molecule has 1 atom stereocenters. The summed E-state index contributed by atoms with van der Waals surface area (Å²) in [4.78, 5) is 27.7. The van der Waals surface area contributed by atoms with Gasteiger partial charge in [-0.05, 0) is 67.3 Å². The number of hydrogen-bond donors (Lipinski definition) is 1. The molecule has 1 N–H and O–H groups in total. The third kappa shape index (κ3) is 7.13.